The number of halogens is 2. The number of amides is 2. The number of hydrogen-bond acceptors (Lipinski definition) is 5. The van der Waals surface area contributed by atoms with E-state index >= 15 is 0 Å². The molecule has 0 fully saturated rings. The van der Waals surface area contributed by atoms with Gasteiger partial charge in [-0.05, 0) is 60.7 Å². The maximum absolute atomic E-state index is 14.3. The highest BCUT2D eigenvalue weighted by Crippen LogP contribution is 2.35. The molecule has 5 aromatic rings. The first-order valence-electron chi connectivity index (χ1n) is 12.1. The zero-order valence-corrected chi connectivity index (χ0v) is 21.8. The molecule has 0 aliphatic heterocycles. The summed E-state index contributed by atoms with van der Waals surface area (Å²) in [5.74, 6) is -3.69. The van der Waals surface area contributed by atoms with Crippen LogP contribution in [0.25, 0.3) is 10.9 Å². The van der Waals surface area contributed by atoms with Crippen molar-refractivity contribution in [3.8, 4) is 5.75 Å². The quantitative estimate of drug-likeness (QED) is 0.195. The maximum Gasteiger partial charge on any atom is 0.343 e. The van der Waals surface area contributed by atoms with E-state index in [9.17, 15) is 23.6 Å². The molecule has 0 N–H and O–H groups in total. The van der Waals surface area contributed by atoms with E-state index in [1.165, 1.54) is 54.1 Å². The number of esters is 1. The molecule has 0 aliphatic carbocycles. The first-order valence-corrected chi connectivity index (χ1v) is 12.4. The highest BCUT2D eigenvalue weighted by atomic mass is 35.5. The molecule has 40 heavy (non-hydrogen) atoms. The van der Waals surface area contributed by atoms with Crippen LogP contribution in [-0.2, 0) is 7.05 Å². The molecule has 0 aliphatic rings. The van der Waals surface area contributed by atoms with Crippen LogP contribution in [0.4, 0.5) is 10.1 Å². The second-order valence-corrected chi connectivity index (χ2v) is 9.15. The normalized spacial score (nSPS) is 10.8. The number of rotatable bonds is 5. The maximum atomic E-state index is 14.3. The fourth-order valence-electron chi connectivity index (χ4n) is 4.27. The molecule has 0 bridgehead atoms. The van der Waals surface area contributed by atoms with Crippen LogP contribution < -0.4 is 15.2 Å². The Bertz CT molecular complexity index is 1820. The van der Waals surface area contributed by atoms with Crippen molar-refractivity contribution >= 4 is 46.0 Å². The van der Waals surface area contributed by atoms with E-state index in [1.807, 2.05) is 0 Å². The molecular formula is C31H20ClFN2O5. The van der Waals surface area contributed by atoms with Crippen LogP contribution in [0.1, 0.15) is 31.1 Å². The van der Waals surface area contributed by atoms with E-state index in [-0.39, 0.29) is 27.2 Å². The number of pyridine rings is 1. The Hall–Kier alpha value is -5.08. The number of aromatic nitrogens is 1. The Morgan fingerprint density at radius 3 is 2.00 bits per heavy atom. The first kappa shape index (κ1) is 26.5. The van der Waals surface area contributed by atoms with E-state index in [4.69, 9.17) is 16.3 Å². The van der Waals surface area contributed by atoms with Crippen molar-refractivity contribution in [1.29, 1.82) is 0 Å². The van der Waals surface area contributed by atoms with Crippen molar-refractivity contribution in [3.05, 3.63) is 141 Å². The summed E-state index contributed by atoms with van der Waals surface area (Å²) in [6.07, 6.45) is 0. The zero-order valence-electron chi connectivity index (χ0n) is 21.0. The van der Waals surface area contributed by atoms with Gasteiger partial charge in [0.05, 0.1) is 27.2 Å². The molecule has 4 aromatic carbocycles. The van der Waals surface area contributed by atoms with Crippen molar-refractivity contribution in [2.75, 3.05) is 4.90 Å². The lowest BCUT2D eigenvalue weighted by atomic mass is 10.1. The molecule has 0 radical (unpaired) electrons. The summed E-state index contributed by atoms with van der Waals surface area (Å²) in [7, 11) is 1.43. The van der Waals surface area contributed by atoms with Gasteiger partial charge < -0.3 is 9.30 Å². The monoisotopic (exact) mass is 554 g/mol. The predicted octanol–water partition coefficient (Wildman–Crippen LogP) is 6.04. The average molecular weight is 555 g/mol. The number of carbonyl (C=O) groups excluding carboxylic acids is 3. The Kier molecular flexibility index (Phi) is 7.27. The van der Waals surface area contributed by atoms with Crippen LogP contribution >= 0.6 is 11.6 Å². The molecule has 0 atom stereocenters. The molecule has 5 rings (SSSR count). The second kappa shape index (κ2) is 11.0. The van der Waals surface area contributed by atoms with Gasteiger partial charge in [0.2, 0.25) is 0 Å². The van der Waals surface area contributed by atoms with Crippen molar-refractivity contribution in [2.24, 2.45) is 7.05 Å². The minimum absolute atomic E-state index is 0.00176. The van der Waals surface area contributed by atoms with Crippen LogP contribution in [0.2, 0.25) is 5.02 Å². The summed E-state index contributed by atoms with van der Waals surface area (Å²) < 4.78 is 20.7. The second-order valence-electron chi connectivity index (χ2n) is 8.75. The number of aryl methyl sites for hydroxylation is 1. The number of imide groups is 1. The van der Waals surface area contributed by atoms with Crippen LogP contribution in [0.3, 0.4) is 0 Å². The lowest BCUT2D eigenvalue weighted by molar-refractivity contribution is 0.0734. The van der Waals surface area contributed by atoms with Crippen LogP contribution in [0.15, 0.2) is 108 Å². The third-order valence-corrected chi connectivity index (χ3v) is 6.57. The molecule has 0 unspecified atom stereocenters. The third kappa shape index (κ3) is 4.88. The summed E-state index contributed by atoms with van der Waals surface area (Å²) in [6, 6.07) is 25.3. The van der Waals surface area contributed by atoms with Gasteiger partial charge >= 0.3 is 5.97 Å². The lowest BCUT2D eigenvalue weighted by Gasteiger charge is -2.23. The smallest absolute Gasteiger partial charge is 0.343 e. The molecular weight excluding hydrogens is 535 g/mol. The van der Waals surface area contributed by atoms with Gasteiger partial charge in [-0.25, -0.2) is 14.1 Å². The fraction of sp³-hybridized carbons (Fsp3) is 0.0323. The zero-order chi connectivity index (χ0) is 28.4. The van der Waals surface area contributed by atoms with Gasteiger partial charge in [0.25, 0.3) is 17.4 Å². The Balaban J connectivity index is 1.77. The van der Waals surface area contributed by atoms with Crippen LogP contribution in [0.5, 0.6) is 5.75 Å². The van der Waals surface area contributed by atoms with Gasteiger partial charge in [0.1, 0.15) is 11.4 Å². The highest BCUT2D eigenvalue weighted by molar-refractivity contribution is 6.36. The number of ether oxygens (including phenoxy) is 1. The van der Waals surface area contributed by atoms with Gasteiger partial charge in [0.15, 0.2) is 5.75 Å². The Morgan fingerprint density at radius 1 is 0.775 bits per heavy atom. The molecule has 198 valence electrons. The van der Waals surface area contributed by atoms with Crippen molar-refractivity contribution in [1.82, 2.24) is 4.57 Å². The van der Waals surface area contributed by atoms with E-state index in [2.05, 4.69) is 0 Å². The van der Waals surface area contributed by atoms with E-state index in [0.717, 1.165) is 17.0 Å². The number of hydrogen-bond donors (Lipinski definition) is 0. The minimum Gasteiger partial charge on any atom is -0.421 e. The van der Waals surface area contributed by atoms with E-state index < -0.39 is 40.5 Å². The van der Waals surface area contributed by atoms with Gasteiger partial charge in [0, 0.05) is 12.6 Å². The minimum atomic E-state index is -1.08. The topological polar surface area (TPSA) is 85.7 Å². The van der Waals surface area contributed by atoms with Gasteiger partial charge in [-0.15, -0.1) is 0 Å². The number of carbonyl (C=O) groups is 3. The SMILES string of the molecule is Cn1c(=O)c(C(=O)N(C(=O)c2ccccc2)c2ccc(F)cc2)c(OC(=O)c2ccccc2)c2c(Cl)cccc21. The largest absolute Gasteiger partial charge is 0.421 e. The Labute approximate surface area is 232 Å². The third-order valence-electron chi connectivity index (χ3n) is 6.26. The number of fused-ring (bicyclic) bond motifs is 1. The molecule has 1 aromatic heterocycles. The summed E-state index contributed by atoms with van der Waals surface area (Å²) >= 11 is 6.52. The highest BCUT2D eigenvalue weighted by Gasteiger charge is 2.34. The van der Waals surface area contributed by atoms with Crippen LogP contribution in [0, 0.1) is 5.82 Å². The summed E-state index contributed by atoms with van der Waals surface area (Å²) in [5, 5.41) is 0.242. The molecule has 0 saturated carbocycles. The van der Waals surface area contributed by atoms with Gasteiger partial charge in [-0.1, -0.05) is 54.1 Å². The predicted molar refractivity (Wildman–Crippen MR) is 150 cm³/mol. The summed E-state index contributed by atoms with van der Waals surface area (Å²) in [6.45, 7) is 0. The summed E-state index contributed by atoms with van der Waals surface area (Å²) in [4.78, 5) is 55.6. The van der Waals surface area contributed by atoms with Crippen molar-refractivity contribution in [2.45, 2.75) is 0 Å². The molecule has 9 heteroatoms. The fourth-order valence-corrected chi connectivity index (χ4v) is 4.53. The lowest BCUT2D eigenvalue weighted by Crippen LogP contribution is -2.41. The number of benzene rings is 4. The standard InChI is InChI=1S/C31H20ClFN2O5/c1-34-24-14-8-13-23(32)25(24)27(40-31(39)20-11-6-3-7-12-20)26(29(34)37)30(38)35(22-17-15-21(33)16-18-22)28(36)19-9-4-2-5-10-19/h2-18H,1H3. The molecule has 0 spiro atoms. The van der Waals surface area contributed by atoms with Crippen molar-refractivity contribution in [3.63, 3.8) is 0 Å². The van der Waals surface area contributed by atoms with Gasteiger partial charge in [-0.3, -0.25) is 14.4 Å². The molecule has 0 saturated heterocycles. The summed E-state index contributed by atoms with van der Waals surface area (Å²) in [5.41, 5.74) is -0.824. The molecule has 7 nitrogen and oxygen atoms in total. The number of anilines is 1. The Morgan fingerprint density at radius 2 is 1.38 bits per heavy atom. The van der Waals surface area contributed by atoms with Crippen LogP contribution in [-0.4, -0.2) is 22.4 Å². The van der Waals surface area contributed by atoms with E-state index in [0.29, 0.717) is 5.52 Å². The van der Waals surface area contributed by atoms with E-state index in [1.54, 1.807) is 48.5 Å². The first-order chi connectivity index (χ1) is 19.3. The average Bonchev–Trinajstić information content (AvgIpc) is 2.97. The number of nitrogens with zero attached hydrogens (tertiary/aromatic N) is 2. The molecule has 2 amide bonds. The molecule has 1 heterocycles. The van der Waals surface area contributed by atoms with Crippen molar-refractivity contribution < 1.29 is 23.5 Å². The van der Waals surface area contributed by atoms with Gasteiger partial charge in [-0.2, -0.15) is 0 Å².